The molecule has 0 atom stereocenters. The Morgan fingerprint density at radius 3 is 1.14 bits per heavy atom. The molecule has 0 fully saturated rings. The van der Waals surface area contributed by atoms with Gasteiger partial charge in [0, 0.05) is 74.5 Å². The lowest BCUT2D eigenvalue weighted by molar-refractivity contribution is 0.590. The Morgan fingerprint density at radius 2 is 0.732 bits per heavy atom. The van der Waals surface area contributed by atoms with E-state index in [1.54, 1.807) is 0 Å². The van der Waals surface area contributed by atoms with Gasteiger partial charge in [-0.1, -0.05) is 184 Å². The van der Waals surface area contributed by atoms with Crippen LogP contribution in [-0.4, -0.2) is 6.71 Å². The van der Waals surface area contributed by atoms with E-state index in [0.717, 1.165) is 11.4 Å². The number of nitrogens with zero attached hydrogens (tertiary/aromatic N) is 2. The van der Waals surface area contributed by atoms with Crippen molar-refractivity contribution in [2.45, 2.75) is 78.6 Å². The molecule has 2 aromatic heterocycles. The molecule has 0 saturated heterocycles. The molecular weight excluding hydrogens is 896 g/mol. The molecule has 0 spiro atoms. The largest absolute Gasteiger partial charge is 0.311 e. The molecule has 4 heterocycles. The summed E-state index contributed by atoms with van der Waals surface area (Å²) in [5, 5.41) is 5.31. The van der Waals surface area contributed by atoms with E-state index in [1.165, 1.54) is 118 Å². The first-order valence-corrected chi connectivity index (χ1v) is 26.8. The standard InChI is InChI=1S/C66H57BN2S2/c1-64(2,3)42-28-34-53-55(36-42)68(45-30-24-40(25-31-45)47-18-14-20-51-49-16-10-12-22-59(49)70-62(47)51)57-38-44(66(7,8)9)39-58-61(57)67(53)54-35-29-43(65(4,5)6)37-56(54)69(58)46-32-26-41(27-33-46)48-19-15-21-52-50-17-11-13-23-60(50)71-63(48)52/h10-39H,1-9H3. The highest BCUT2D eigenvalue weighted by molar-refractivity contribution is 7.26. The van der Waals surface area contributed by atoms with Gasteiger partial charge in [0.25, 0.3) is 6.71 Å². The molecule has 0 amide bonds. The molecule has 0 unspecified atom stereocenters. The number of rotatable bonds is 4. The summed E-state index contributed by atoms with van der Waals surface area (Å²) in [6.07, 6.45) is 0. The third-order valence-corrected chi connectivity index (χ3v) is 17.8. The van der Waals surface area contributed by atoms with Crippen LogP contribution in [0.2, 0.25) is 0 Å². The molecule has 5 heteroatoms. The Hall–Kier alpha value is -6.92. The minimum atomic E-state index is -0.126. The third kappa shape index (κ3) is 7.02. The van der Waals surface area contributed by atoms with Gasteiger partial charge >= 0.3 is 0 Å². The zero-order valence-electron chi connectivity index (χ0n) is 42.1. The van der Waals surface area contributed by atoms with Gasteiger partial charge in [-0.3, -0.25) is 0 Å². The van der Waals surface area contributed by atoms with Crippen LogP contribution in [0.1, 0.15) is 79.0 Å². The Morgan fingerprint density at radius 1 is 0.352 bits per heavy atom. The molecule has 71 heavy (non-hydrogen) atoms. The maximum Gasteiger partial charge on any atom is 0.252 e. The van der Waals surface area contributed by atoms with E-state index in [2.05, 4.69) is 254 Å². The molecule has 0 saturated carbocycles. The first kappa shape index (κ1) is 44.1. The van der Waals surface area contributed by atoms with Gasteiger partial charge in [-0.15, -0.1) is 22.7 Å². The van der Waals surface area contributed by atoms with E-state index in [4.69, 9.17) is 0 Å². The molecule has 0 bridgehead atoms. The number of benzene rings is 9. The van der Waals surface area contributed by atoms with Gasteiger partial charge in [-0.05, 0) is 132 Å². The van der Waals surface area contributed by atoms with Crippen molar-refractivity contribution in [1.82, 2.24) is 0 Å². The minimum Gasteiger partial charge on any atom is -0.311 e. The van der Waals surface area contributed by atoms with Gasteiger partial charge in [0.15, 0.2) is 0 Å². The Bertz CT molecular complexity index is 3700. The highest BCUT2D eigenvalue weighted by Gasteiger charge is 2.45. The van der Waals surface area contributed by atoms with Crippen molar-refractivity contribution in [3.05, 3.63) is 199 Å². The lowest BCUT2D eigenvalue weighted by Crippen LogP contribution is -2.61. The summed E-state index contributed by atoms with van der Waals surface area (Å²) in [6.45, 7) is 21.2. The fourth-order valence-corrected chi connectivity index (χ4v) is 13.9. The molecule has 2 nitrogen and oxygen atoms in total. The number of fused-ring (bicyclic) bond motifs is 10. The summed E-state index contributed by atoms with van der Waals surface area (Å²) in [4.78, 5) is 5.20. The van der Waals surface area contributed by atoms with Gasteiger partial charge in [0.2, 0.25) is 0 Å². The Labute approximate surface area is 426 Å². The topological polar surface area (TPSA) is 6.48 Å². The van der Waals surface area contributed by atoms with E-state index in [-0.39, 0.29) is 23.0 Å². The normalized spacial score (nSPS) is 13.6. The van der Waals surface area contributed by atoms with Crippen LogP contribution >= 0.6 is 22.7 Å². The van der Waals surface area contributed by atoms with Crippen molar-refractivity contribution in [2.75, 3.05) is 9.80 Å². The quantitative estimate of drug-likeness (QED) is 0.162. The minimum absolute atomic E-state index is 0.0317. The molecule has 2 aliphatic heterocycles. The highest BCUT2D eigenvalue weighted by Crippen LogP contribution is 2.49. The monoisotopic (exact) mass is 952 g/mol. The number of thiophene rings is 2. The van der Waals surface area contributed by atoms with Gasteiger partial charge in [0.1, 0.15) is 0 Å². The first-order valence-electron chi connectivity index (χ1n) is 25.2. The summed E-state index contributed by atoms with van der Waals surface area (Å²) in [7, 11) is 0. The maximum absolute atomic E-state index is 2.60. The summed E-state index contributed by atoms with van der Waals surface area (Å²) >= 11 is 3.79. The number of hydrogen-bond acceptors (Lipinski definition) is 4. The smallest absolute Gasteiger partial charge is 0.252 e. The average Bonchev–Trinajstić information content (AvgIpc) is 3.94. The van der Waals surface area contributed by atoms with Gasteiger partial charge < -0.3 is 9.80 Å². The molecule has 0 aliphatic carbocycles. The highest BCUT2D eigenvalue weighted by atomic mass is 32.1. The number of anilines is 6. The molecule has 0 radical (unpaired) electrons. The molecular formula is C66H57BN2S2. The van der Waals surface area contributed by atoms with Crippen molar-refractivity contribution in [1.29, 1.82) is 0 Å². The van der Waals surface area contributed by atoms with Crippen LogP contribution in [0.3, 0.4) is 0 Å². The summed E-state index contributed by atoms with van der Waals surface area (Å²) in [6, 6.07) is 69.8. The Kier molecular flexibility index (Phi) is 9.80. The van der Waals surface area contributed by atoms with Crippen LogP contribution in [0.25, 0.3) is 62.6 Å². The number of hydrogen-bond donors (Lipinski definition) is 0. The van der Waals surface area contributed by atoms with Gasteiger partial charge in [-0.2, -0.15) is 0 Å². The van der Waals surface area contributed by atoms with Crippen LogP contribution in [-0.2, 0) is 16.2 Å². The first-order chi connectivity index (χ1) is 34.1. The second-order valence-electron chi connectivity index (χ2n) is 23.0. The molecule has 0 N–H and O–H groups in total. The average molecular weight is 953 g/mol. The molecule has 9 aromatic carbocycles. The molecule has 346 valence electrons. The van der Waals surface area contributed by atoms with Crippen LogP contribution < -0.4 is 26.2 Å². The maximum atomic E-state index is 2.60. The lowest BCUT2D eigenvalue weighted by Gasteiger charge is -2.45. The molecule has 2 aliphatic rings. The van der Waals surface area contributed by atoms with Crippen molar-refractivity contribution in [3.8, 4) is 22.3 Å². The second-order valence-corrected chi connectivity index (χ2v) is 25.1. The fraction of sp³-hybridized carbons (Fsp3) is 0.182. The predicted octanol–water partition coefficient (Wildman–Crippen LogP) is 17.7. The predicted molar refractivity (Wildman–Crippen MR) is 313 cm³/mol. The lowest BCUT2D eigenvalue weighted by atomic mass is 9.33. The summed E-state index contributed by atoms with van der Waals surface area (Å²) in [5.41, 5.74) is 20.2. The van der Waals surface area contributed by atoms with E-state index in [0.29, 0.717) is 0 Å². The van der Waals surface area contributed by atoms with Crippen molar-refractivity contribution in [2.24, 2.45) is 0 Å². The molecule has 13 rings (SSSR count). The zero-order valence-corrected chi connectivity index (χ0v) is 43.7. The van der Waals surface area contributed by atoms with Crippen LogP contribution in [0.15, 0.2) is 182 Å². The van der Waals surface area contributed by atoms with E-state index in [1.807, 2.05) is 22.7 Å². The zero-order chi connectivity index (χ0) is 48.7. The van der Waals surface area contributed by atoms with Crippen LogP contribution in [0.4, 0.5) is 34.1 Å². The van der Waals surface area contributed by atoms with Crippen molar-refractivity contribution < 1.29 is 0 Å². The van der Waals surface area contributed by atoms with Crippen LogP contribution in [0, 0.1) is 0 Å². The van der Waals surface area contributed by atoms with Crippen molar-refractivity contribution >= 4 is 120 Å². The molecule has 11 aromatic rings. The SMILES string of the molecule is CC(C)(C)c1ccc2c(c1)N(c1ccc(-c3cccc4c3sc3ccccc34)cc1)c1cc(C(C)(C)C)cc3c1B2c1ccc(C(C)(C)C)cc1N3c1ccc(-c2cccc3c2sc2ccccc23)cc1. The van der Waals surface area contributed by atoms with Gasteiger partial charge in [0.05, 0.1) is 0 Å². The van der Waals surface area contributed by atoms with Crippen molar-refractivity contribution in [3.63, 3.8) is 0 Å². The fourth-order valence-electron chi connectivity index (χ4n) is 11.4. The van der Waals surface area contributed by atoms with E-state index < -0.39 is 0 Å². The van der Waals surface area contributed by atoms with E-state index >= 15 is 0 Å². The summed E-state index contributed by atoms with van der Waals surface area (Å²) in [5.74, 6) is 0. The van der Waals surface area contributed by atoms with Gasteiger partial charge in [-0.25, -0.2) is 0 Å². The van der Waals surface area contributed by atoms with E-state index in [9.17, 15) is 0 Å². The second kappa shape index (κ2) is 15.8. The third-order valence-electron chi connectivity index (χ3n) is 15.4. The van der Waals surface area contributed by atoms with Crippen LogP contribution in [0.5, 0.6) is 0 Å². The summed E-state index contributed by atoms with van der Waals surface area (Å²) < 4.78 is 5.34. The Balaban J connectivity index is 1.03.